The van der Waals surface area contributed by atoms with Crippen LogP contribution in [0.4, 0.5) is 4.79 Å². The first-order chi connectivity index (χ1) is 9.33. The maximum atomic E-state index is 12.4. The van der Waals surface area contributed by atoms with Gasteiger partial charge in [-0.2, -0.15) is 0 Å². The number of piperidine rings is 1. The molecule has 4 heteroatoms. The van der Waals surface area contributed by atoms with Gasteiger partial charge in [-0.1, -0.05) is 6.92 Å². The monoisotopic (exact) mass is 280 g/mol. The Morgan fingerprint density at radius 2 is 1.70 bits per heavy atom. The Kier molecular flexibility index (Phi) is 3.47. The van der Waals surface area contributed by atoms with Crippen LogP contribution in [-0.4, -0.2) is 40.8 Å². The van der Waals surface area contributed by atoms with Crippen LogP contribution in [0.5, 0.6) is 0 Å². The van der Waals surface area contributed by atoms with Crippen LogP contribution in [0.25, 0.3) is 0 Å². The van der Waals surface area contributed by atoms with Crippen molar-refractivity contribution in [2.75, 3.05) is 0 Å². The van der Waals surface area contributed by atoms with Gasteiger partial charge in [0, 0.05) is 24.2 Å². The van der Waals surface area contributed by atoms with Gasteiger partial charge in [0.2, 0.25) is 0 Å². The number of rotatable bonds is 2. The first-order valence-corrected chi connectivity index (χ1v) is 8.11. The molecule has 4 atom stereocenters. The van der Waals surface area contributed by atoms with Crippen LogP contribution in [0.1, 0.15) is 59.8 Å². The molecule has 3 fully saturated rings. The maximum Gasteiger partial charge on any atom is 0.410 e. The first-order valence-electron chi connectivity index (χ1n) is 8.11. The Bertz CT molecular complexity index is 376. The fourth-order valence-electron chi connectivity index (χ4n) is 3.78. The summed E-state index contributed by atoms with van der Waals surface area (Å²) in [4.78, 5) is 14.4. The summed E-state index contributed by atoms with van der Waals surface area (Å²) in [7, 11) is 0. The quantitative estimate of drug-likeness (QED) is 0.845. The summed E-state index contributed by atoms with van der Waals surface area (Å²) < 4.78 is 5.57. The van der Waals surface area contributed by atoms with Crippen LogP contribution in [0, 0.1) is 5.92 Å². The second kappa shape index (κ2) is 4.90. The van der Waals surface area contributed by atoms with Crippen molar-refractivity contribution in [2.24, 2.45) is 5.92 Å². The molecule has 1 N–H and O–H groups in total. The van der Waals surface area contributed by atoms with Gasteiger partial charge in [0.25, 0.3) is 0 Å². The molecule has 0 aromatic carbocycles. The van der Waals surface area contributed by atoms with Crippen molar-refractivity contribution in [3.05, 3.63) is 0 Å². The van der Waals surface area contributed by atoms with Gasteiger partial charge in [-0.25, -0.2) is 4.79 Å². The summed E-state index contributed by atoms with van der Waals surface area (Å²) in [5.41, 5.74) is -0.394. The molecule has 0 aromatic rings. The van der Waals surface area contributed by atoms with E-state index in [2.05, 4.69) is 12.2 Å². The van der Waals surface area contributed by atoms with Crippen LogP contribution in [0.15, 0.2) is 0 Å². The zero-order valence-electron chi connectivity index (χ0n) is 13.2. The summed E-state index contributed by atoms with van der Waals surface area (Å²) in [6.45, 7) is 8.13. The number of fused-ring (bicyclic) bond motifs is 2. The Morgan fingerprint density at radius 1 is 1.15 bits per heavy atom. The Labute approximate surface area is 122 Å². The van der Waals surface area contributed by atoms with Crippen LogP contribution in [0.2, 0.25) is 0 Å². The first kappa shape index (κ1) is 14.2. The lowest BCUT2D eigenvalue weighted by Crippen LogP contribution is -2.53. The summed E-state index contributed by atoms with van der Waals surface area (Å²) in [5.74, 6) is 0.844. The van der Waals surface area contributed by atoms with Crippen LogP contribution < -0.4 is 5.32 Å². The van der Waals surface area contributed by atoms with E-state index in [4.69, 9.17) is 4.74 Å². The van der Waals surface area contributed by atoms with Gasteiger partial charge in [0.1, 0.15) is 5.60 Å². The Morgan fingerprint density at radius 3 is 2.15 bits per heavy atom. The fraction of sp³-hybridized carbons (Fsp3) is 0.938. The van der Waals surface area contributed by atoms with E-state index in [1.165, 1.54) is 6.42 Å². The second-order valence-corrected chi connectivity index (χ2v) is 7.93. The smallest absolute Gasteiger partial charge is 0.410 e. The molecule has 3 rings (SSSR count). The highest BCUT2D eigenvalue weighted by Gasteiger charge is 2.46. The lowest BCUT2D eigenvalue weighted by atomic mass is 9.97. The number of ether oxygens (including phenoxy) is 1. The topological polar surface area (TPSA) is 41.6 Å². The number of nitrogens with one attached hydrogen (secondary N) is 1. The van der Waals surface area contributed by atoms with E-state index < -0.39 is 5.60 Å². The molecule has 2 heterocycles. The van der Waals surface area contributed by atoms with Gasteiger partial charge < -0.3 is 15.0 Å². The zero-order valence-corrected chi connectivity index (χ0v) is 13.2. The average molecular weight is 280 g/mol. The molecule has 114 valence electrons. The van der Waals surface area contributed by atoms with Gasteiger partial charge in [0.05, 0.1) is 0 Å². The molecule has 2 bridgehead atoms. The fourth-order valence-corrected chi connectivity index (χ4v) is 3.78. The molecule has 0 radical (unpaired) electrons. The predicted octanol–water partition coefficient (Wildman–Crippen LogP) is 2.91. The molecule has 2 aliphatic heterocycles. The minimum Gasteiger partial charge on any atom is -0.444 e. The molecule has 0 aromatic heterocycles. The average Bonchev–Trinajstić information content (AvgIpc) is 2.91. The number of carbonyl (C=O) groups excluding carboxylic acids is 1. The highest BCUT2D eigenvalue weighted by molar-refractivity contribution is 5.69. The van der Waals surface area contributed by atoms with E-state index in [-0.39, 0.29) is 6.09 Å². The third-order valence-corrected chi connectivity index (χ3v) is 4.90. The lowest BCUT2D eigenvalue weighted by molar-refractivity contribution is 0.00463. The van der Waals surface area contributed by atoms with Gasteiger partial charge in [-0.3, -0.25) is 0 Å². The van der Waals surface area contributed by atoms with Crippen molar-refractivity contribution in [2.45, 2.75) is 89.6 Å². The van der Waals surface area contributed by atoms with Gasteiger partial charge in [-0.05, 0) is 58.8 Å². The number of amides is 1. The molecular weight excluding hydrogens is 252 g/mol. The third kappa shape index (κ3) is 2.95. The number of nitrogens with zero attached hydrogens (tertiary/aromatic N) is 1. The van der Waals surface area contributed by atoms with E-state index in [1.807, 2.05) is 25.7 Å². The molecular formula is C16H28N2O2. The maximum absolute atomic E-state index is 12.4. The molecule has 1 amide bonds. The van der Waals surface area contributed by atoms with E-state index in [0.717, 1.165) is 37.6 Å². The third-order valence-electron chi connectivity index (χ3n) is 4.90. The highest BCUT2D eigenvalue weighted by atomic mass is 16.6. The van der Waals surface area contributed by atoms with Gasteiger partial charge >= 0.3 is 6.09 Å². The SMILES string of the molecule is CC1CC1NC1CC2CCC(C1)N2C(=O)OC(C)(C)C. The van der Waals surface area contributed by atoms with Crippen LogP contribution >= 0.6 is 0 Å². The van der Waals surface area contributed by atoms with E-state index in [0.29, 0.717) is 18.1 Å². The second-order valence-electron chi connectivity index (χ2n) is 7.93. The van der Waals surface area contributed by atoms with E-state index in [9.17, 15) is 4.79 Å². The summed E-state index contributed by atoms with van der Waals surface area (Å²) in [5, 5.41) is 3.77. The number of hydrogen-bond acceptors (Lipinski definition) is 3. The number of carbonyl (C=O) groups is 1. The summed E-state index contributed by atoms with van der Waals surface area (Å²) in [6, 6.07) is 2.10. The van der Waals surface area contributed by atoms with Crippen LogP contribution in [-0.2, 0) is 4.74 Å². The number of hydrogen-bond donors (Lipinski definition) is 1. The Balaban J connectivity index is 1.58. The van der Waals surface area contributed by atoms with Crippen molar-refractivity contribution in [1.82, 2.24) is 10.2 Å². The highest BCUT2D eigenvalue weighted by Crippen LogP contribution is 2.38. The molecule has 2 saturated heterocycles. The van der Waals surface area contributed by atoms with Crippen molar-refractivity contribution in [1.29, 1.82) is 0 Å². The minimum absolute atomic E-state index is 0.108. The molecule has 4 unspecified atom stereocenters. The largest absolute Gasteiger partial charge is 0.444 e. The predicted molar refractivity (Wildman–Crippen MR) is 78.6 cm³/mol. The normalized spacial score (nSPS) is 39.8. The molecule has 20 heavy (non-hydrogen) atoms. The molecule has 1 aliphatic carbocycles. The summed E-state index contributed by atoms with van der Waals surface area (Å²) >= 11 is 0. The Hall–Kier alpha value is -0.770. The molecule has 1 saturated carbocycles. The van der Waals surface area contributed by atoms with Crippen LogP contribution in [0.3, 0.4) is 0 Å². The van der Waals surface area contributed by atoms with Crippen molar-refractivity contribution < 1.29 is 9.53 Å². The molecule has 0 spiro atoms. The lowest BCUT2D eigenvalue weighted by Gasteiger charge is -2.39. The van der Waals surface area contributed by atoms with Gasteiger partial charge in [-0.15, -0.1) is 0 Å². The van der Waals surface area contributed by atoms with Crippen molar-refractivity contribution >= 4 is 6.09 Å². The molecule has 3 aliphatic rings. The molecule has 4 nitrogen and oxygen atoms in total. The zero-order chi connectivity index (χ0) is 14.5. The van der Waals surface area contributed by atoms with Crippen molar-refractivity contribution in [3.63, 3.8) is 0 Å². The van der Waals surface area contributed by atoms with E-state index in [1.54, 1.807) is 0 Å². The van der Waals surface area contributed by atoms with Gasteiger partial charge in [0.15, 0.2) is 0 Å². The van der Waals surface area contributed by atoms with E-state index >= 15 is 0 Å². The van der Waals surface area contributed by atoms with Crippen molar-refractivity contribution in [3.8, 4) is 0 Å². The standard InChI is InChI=1S/C16H28N2O2/c1-10-7-14(10)17-11-8-12-5-6-13(9-11)18(12)15(19)20-16(2,3)4/h10-14,17H,5-9H2,1-4H3. The summed E-state index contributed by atoms with van der Waals surface area (Å²) in [6.07, 6.45) is 5.69. The minimum atomic E-state index is -0.394.